The number of hydrogen-bond acceptors (Lipinski definition) is 8. The van der Waals surface area contributed by atoms with E-state index in [0.717, 1.165) is 39.1 Å². The Labute approximate surface area is 283 Å². The molecule has 8 bridgehead atoms. The summed E-state index contributed by atoms with van der Waals surface area (Å²) in [6, 6.07) is 0. The number of rotatable bonds is 7. The Balaban J connectivity index is 0.00000480. The SMILES string of the molecule is COC(=O)CCC1=C(C)C2=CC3=NC(=CC4=NC(=C(C)/C4=C(Cl)\C=C\[O-])C=c4[n-]c(c(CCC(=O)OC)c4C)=CC1=N2)C(C)=C3.[Cu+2]. The molecular weight excluding hydrogens is 655 g/mol. The van der Waals surface area contributed by atoms with Gasteiger partial charge in [0.1, 0.15) is 0 Å². The quantitative estimate of drug-likeness (QED) is 0.245. The summed E-state index contributed by atoms with van der Waals surface area (Å²) in [7, 11) is 2.74. The van der Waals surface area contributed by atoms with E-state index in [9.17, 15) is 14.7 Å². The Morgan fingerprint density at radius 2 is 1.54 bits per heavy atom. The minimum absolute atomic E-state index is 0. The molecule has 11 heteroatoms. The minimum Gasteiger partial charge on any atom is -0.878 e. The fraction of sp³-hybridized carbons (Fsp3) is 0.286. The molecule has 1 radical (unpaired) electrons. The van der Waals surface area contributed by atoms with Crippen molar-refractivity contribution < 1.29 is 41.2 Å². The maximum absolute atomic E-state index is 12.1. The van der Waals surface area contributed by atoms with E-state index in [-0.39, 0.29) is 46.9 Å². The van der Waals surface area contributed by atoms with Gasteiger partial charge in [-0.3, -0.25) is 9.59 Å². The molecule has 9 nitrogen and oxygen atoms in total. The van der Waals surface area contributed by atoms with E-state index in [1.807, 2.05) is 58.1 Å². The number of carbonyl (C=O) groups is 2. The van der Waals surface area contributed by atoms with Crippen LogP contribution in [0.3, 0.4) is 0 Å². The van der Waals surface area contributed by atoms with Gasteiger partial charge in [0, 0.05) is 23.4 Å². The number of nitrogens with zero attached hydrogens (tertiary/aromatic N) is 4. The smallest absolute Gasteiger partial charge is 0.878 e. The zero-order chi connectivity index (χ0) is 32.4. The summed E-state index contributed by atoms with van der Waals surface area (Å²) >= 11 is 6.61. The third-order valence-corrected chi connectivity index (χ3v) is 8.53. The summed E-state index contributed by atoms with van der Waals surface area (Å²) in [4.78, 5) is 44.0. The van der Waals surface area contributed by atoms with Crippen LogP contribution in [0.2, 0.25) is 0 Å². The number of hydrogen-bond donors (Lipinski definition) is 0. The van der Waals surface area contributed by atoms with E-state index in [1.54, 1.807) is 0 Å². The monoisotopic (exact) mass is 687 g/mol. The van der Waals surface area contributed by atoms with Crippen LogP contribution in [0.25, 0.3) is 12.2 Å². The van der Waals surface area contributed by atoms with Crippen molar-refractivity contribution in [2.75, 3.05) is 14.2 Å². The van der Waals surface area contributed by atoms with Crippen LogP contribution in [-0.2, 0) is 42.6 Å². The molecule has 0 spiro atoms. The van der Waals surface area contributed by atoms with Crippen molar-refractivity contribution in [2.45, 2.75) is 53.4 Å². The van der Waals surface area contributed by atoms with E-state index in [1.165, 1.54) is 20.3 Å². The third kappa shape index (κ3) is 6.94. The van der Waals surface area contributed by atoms with Crippen LogP contribution >= 0.6 is 11.6 Å². The molecule has 0 unspecified atom stereocenters. The number of ether oxygens (including phenoxy) is 2. The number of methoxy groups -OCH3 is 2. The van der Waals surface area contributed by atoms with Gasteiger partial charge >= 0.3 is 29.0 Å². The van der Waals surface area contributed by atoms with Crippen LogP contribution in [0.4, 0.5) is 0 Å². The zero-order valence-electron chi connectivity index (χ0n) is 26.4. The molecule has 0 N–H and O–H groups in total. The van der Waals surface area contributed by atoms with Crippen molar-refractivity contribution in [3.05, 3.63) is 102 Å². The summed E-state index contributed by atoms with van der Waals surface area (Å²) in [5.41, 5.74) is 10.1. The number of halogens is 1. The second-order valence-electron chi connectivity index (χ2n) is 11.0. The topological polar surface area (TPSA) is 127 Å². The zero-order valence-corrected chi connectivity index (χ0v) is 28.1. The molecule has 241 valence electrons. The summed E-state index contributed by atoms with van der Waals surface area (Å²) in [6.07, 6.45) is 12.7. The largest absolute Gasteiger partial charge is 2.00 e. The van der Waals surface area contributed by atoms with Gasteiger partial charge in [-0.1, -0.05) is 41.0 Å². The number of esters is 2. The number of aromatic nitrogens is 1. The van der Waals surface area contributed by atoms with Gasteiger partial charge in [-0.2, -0.15) is 0 Å². The molecule has 0 atom stereocenters. The van der Waals surface area contributed by atoms with E-state index in [0.29, 0.717) is 63.9 Å². The molecule has 5 rings (SSSR count). The Bertz CT molecular complexity index is 1960. The molecule has 0 aromatic carbocycles. The van der Waals surface area contributed by atoms with Crippen LogP contribution in [-0.4, -0.2) is 43.3 Å². The molecular formula is C35H33ClCuN4O5. The Hall–Kier alpha value is -4.24. The van der Waals surface area contributed by atoms with Crippen LogP contribution in [0, 0.1) is 6.92 Å². The summed E-state index contributed by atoms with van der Waals surface area (Å²) in [5, 5.41) is 13.0. The first kappa shape index (κ1) is 34.6. The molecule has 0 saturated heterocycles. The molecule has 4 aliphatic heterocycles. The standard InChI is InChI=1S/C35H34ClN4O5.Cu/c1-18-13-22-14-27-19(2)23(7-9-33(42)44-5)30(38-27)17-31-24(8-10-34(43)45-6)20(3)28(39-31)16-29-21(4)35(25(36)11-12-41)32(40-29)15-26(18)37-22;/h11-17H,7-10H2,1-6H3,(H-,37,38,39,40,41);/q-1;+2/p-1. The molecule has 0 saturated carbocycles. The molecule has 5 heterocycles. The van der Waals surface area contributed by atoms with Gasteiger partial charge in [0.15, 0.2) is 0 Å². The second kappa shape index (κ2) is 14.5. The number of fused-ring (bicyclic) bond motifs is 5. The van der Waals surface area contributed by atoms with Crippen LogP contribution < -0.4 is 20.8 Å². The van der Waals surface area contributed by atoms with E-state index < -0.39 is 0 Å². The predicted octanol–water partition coefficient (Wildman–Crippen LogP) is 3.62. The van der Waals surface area contributed by atoms with E-state index in [2.05, 4.69) is 0 Å². The average molecular weight is 689 g/mol. The molecule has 0 aliphatic carbocycles. The van der Waals surface area contributed by atoms with Gasteiger partial charge in [0.25, 0.3) is 0 Å². The fourth-order valence-electron chi connectivity index (χ4n) is 5.65. The van der Waals surface area contributed by atoms with Crippen molar-refractivity contribution >= 4 is 52.8 Å². The van der Waals surface area contributed by atoms with Crippen molar-refractivity contribution in [1.29, 1.82) is 0 Å². The number of aliphatic imine (C=N–C) groups is 3. The van der Waals surface area contributed by atoms with Gasteiger partial charge in [-0.15, -0.1) is 17.0 Å². The summed E-state index contributed by atoms with van der Waals surface area (Å²) in [6.45, 7) is 7.81. The second-order valence-corrected chi connectivity index (χ2v) is 11.4. The van der Waals surface area contributed by atoms with Crippen molar-refractivity contribution in [3.8, 4) is 0 Å². The summed E-state index contributed by atoms with van der Waals surface area (Å²) in [5.74, 6) is -0.633. The van der Waals surface area contributed by atoms with Crippen LogP contribution in [0.1, 0.15) is 51.2 Å². The first-order valence-corrected chi connectivity index (χ1v) is 14.9. The van der Waals surface area contributed by atoms with Gasteiger partial charge in [-0.05, 0) is 81.1 Å². The first-order chi connectivity index (χ1) is 21.5. The van der Waals surface area contributed by atoms with Gasteiger partial charge in [0.2, 0.25) is 0 Å². The fourth-order valence-corrected chi connectivity index (χ4v) is 5.94. The van der Waals surface area contributed by atoms with Crippen molar-refractivity contribution in [3.63, 3.8) is 0 Å². The number of allylic oxidation sites excluding steroid dienone is 11. The minimum atomic E-state index is -0.324. The molecule has 1 aromatic heterocycles. The van der Waals surface area contributed by atoms with Crippen LogP contribution in [0.15, 0.2) is 95.5 Å². The molecule has 1 aromatic rings. The van der Waals surface area contributed by atoms with E-state index >= 15 is 0 Å². The van der Waals surface area contributed by atoms with Crippen LogP contribution in [0.5, 0.6) is 0 Å². The predicted molar refractivity (Wildman–Crippen MR) is 174 cm³/mol. The van der Waals surface area contributed by atoms with Gasteiger partial charge in [-0.25, -0.2) is 15.0 Å². The first-order valence-electron chi connectivity index (χ1n) is 14.5. The normalized spacial score (nSPS) is 18.2. The molecule has 4 aliphatic rings. The Morgan fingerprint density at radius 3 is 2.22 bits per heavy atom. The van der Waals surface area contributed by atoms with Crippen molar-refractivity contribution in [2.24, 2.45) is 15.0 Å². The Morgan fingerprint density at radius 1 is 0.848 bits per heavy atom. The maximum Gasteiger partial charge on any atom is 2.00 e. The Kier molecular flexibility index (Phi) is 10.9. The van der Waals surface area contributed by atoms with Gasteiger partial charge in [0.05, 0.1) is 48.4 Å². The van der Waals surface area contributed by atoms with Crippen molar-refractivity contribution in [1.82, 2.24) is 4.98 Å². The third-order valence-electron chi connectivity index (χ3n) is 8.22. The van der Waals surface area contributed by atoms with E-state index in [4.69, 9.17) is 41.0 Å². The number of carbonyl (C=O) groups excluding carboxylic acids is 2. The maximum atomic E-state index is 12.1. The summed E-state index contributed by atoms with van der Waals surface area (Å²) < 4.78 is 9.82. The molecule has 0 fully saturated rings. The molecule has 0 amide bonds. The molecule has 46 heavy (non-hydrogen) atoms. The average Bonchev–Trinajstić information content (AvgIpc) is 3.69. The van der Waals surface area contributed by atoms with Gasteiger partial charge < -0.3 is 19.6 Å².